The van der Waals surface area contributed by atoms with Crippen molar-refractivity contribution in [1.29, 1.82) is 0 Å². The van der Waals surface area contributed by atoms with Crippen LogP contribution in [-0.4, -0.2) is 42.9 Å². The van der Waals surface area contributed by atoms with Crippen LogP contribution in [0.5, 0.6) is 0 Å². The number of nitrogens with zero attached hydrogens (tertiary/aromatic N) is 2. The highest BCUT2D eigenvalue weighted by Gasteiger charge is 2.24. The van der Waals surface area contributed by atoms with Gasteiger partial charge in [0.15, 0.2) is 6.29 Å². The number of methoxy groups -OCH3 is 2. The molecular formula is C13H24ClN3O2. The van der Waals surface area contributed by atoms with Crippen molar-refractivity contribution < 1.29 is 9.47 Å². The number of halogens is 1. The van der Waals surface area contributed by atoms with E-state index < -0.39 is 0 Å². The van der Waals surface area contributed by atoms with E-state index in [1.54, 1.807) is 14.2 Å². The number of aryl methyl sites for hydroxylation is 2. The fraction of sp³-hybridized carbons (Fsp3) is 0.769. The maximum Gasteiger partial charge on any atom is 0.172 e. The fourth-order valence-electron chi connectivity index (χ4n) is 2.13. The fourth-order valence-corrected chi connectivity index (χ4v) is 2.37. The molecular weight excluding hydrogens is 266 g/mol. The van der Waals surface area contributed by atoms with Gasteiger partial charge in [0.05, 0.1) is 22.5 Å². The monoisotopic (exact) mass is 289 g/mol. The Bertz CT molecular complexity index is 391. The molecule has 1 unspecified atom stereocenters. The first-order valence-corrected chi connectivity index (χ1v) is 6.89. The molecule has 0 aliphatic rings. The molecule has 0 fully saturated rings. The second kappa shape index (κ2) is 7.85. The standard InChI is InChI=1S/C13H24ClN3O2/c1-6-7-15-10(13(18-4)19-5)8-11-12(14)9(2)16-17(11)3/h10,13,15H,6-8H2,1-5H3. The first kappa shape index (κ1) is 16.4. The van der Waals surface area contributed by atoms with Crippen molar-refractivity contribution in [3.63, 3.8) is 0 Å². The number of hydrogen-bond acceptors (Lipinski definition) is 4. The van der Waals surface area contributed by atoms with Crippen LogP contribution in [0.1, 0.15) is 24.7 Å². The van der Waals surface area contributed by atoms with Gasteiger partial charge in [-0.15, -0.1) is 0 Å². The van der Waals surface area contributed by atoms with E-state index >= 15 is 0 Å². The molecule has 6 heteroatoms. The van der Waals surface area contributed by atoms with Crippen molar-refractivity contribution in [1.82, 2.24) is 15.1 Å². The highest BCUT2D eigenvalue weighted by atomic mass is 35.5. The molecule has 0 radical (unpaired) electrons. The minimum absolute atomic E-state index is 0.0437. The summed E-state index contributed by atoms with van der Waals surface area (Å²) < 4.78 is 12.5. The van der Waals surface area contributed by atoms with Crippen molar-refractivity contribution in [3.8, 4) is 0 Å². The molecule has 0 aromatic carbocycles. The lowest BCUT2D eigenvalue weighted by atomic mass is 10.1. The van der Waals surface area contributed by atoms with Crippen LogP contribution in [0, 0.1) is 6.92 Å². The Morgan fingerprint density at radius 2 is 2.00 bits per heavy atom. The smallest absolute Gasteiger partial charge is 0.172 e. The summed E-state index contributed by atoms with van der Waals surface area (Å²) in [4.78, 5) is 0. The predicted molar refractivity (Wildman–Crippen MR) is 76.5 cm³/mol. The summed E-state index contributed by atoms with van der Waals surface area (Å²) in [5.41, 5.74) is 1.84. The number of hydrogen-bond donors (Lipinski definition) is 1. The van der Waals surface area contributed by atoms with Gasteiger partial charge in [0.1, 0.15) is 0 Å². The molecule has 0 aliphatic heterocycles. The van der Waals surface area contributed by atoms with E-state index in [1.807, 2.05) is 18.7 Å². The average Bonchev–Trinajstić information content (AvgIpc) is 2.63. The van der Waals surface area contributed by atoms with Gasteiger partial charge in [-0.3, -0.25) is 4.68 Å². The quantitative estimate of drug-likeness (QED) is 0.743. The SMILES string of the molecule is CCCNC(Cc1c(Cl)c(C)nn1C)C(OC)OC. The van der Waals surface area contributed by atoms with Crippen molar-refractivity contribution in [2.75, 3.05) is 20.8 Å². The zero-order valence-corrected chi connectivity index (χ0v) is 13.1. The molecule has 0 amide bonds. The van der Waals surface area contributed by atoms with E-state index in [-0.39, 0.29) is 12.3 Å². The lowest BCUT2D eigenvalue weighted by Gasteiger charge is -2.26. The first-order chi connectivity index (χ1) is 9.04. The molecule has 1 aromatic rings. The van der Waals surface area contributed by atoms with Gasteiger partial charge in [0, 0.05) is 27.7 Å². The Kier molecular flexibility index (Phi) is 6.79. The van der Waals surface area contributed by atoms with Gasteiger partial charge >= 0.3 is 0 Å². The predicted octanol–water partition coefficient (Wildman–Crippen LogP) is 1.91. The summed E-state index contributed by atoms with van der Waals surface area (Å²) in [6.45, 7) is 4.94. The summed E-state index contributed by atoms with van der Waals surface area (Å²) in [6, 6.07) is 0.0437. The molecule has 19 heavy (non-hydrogen) atoms. The van der Waals surface area contributed by atoms with E-state index in [4.69, 9.17) is 21.1 Å². The summed E-state index contributed by atoms with van der Waals surface area (Å²) in [7, 11) is 5.19. The van der Waals surface area contributed by atoms with E-state index in [9.17, 15) is 0 Å². The first-order valence-electron chi connectivity index (χ1n) is 6.52. The van der Waals surface area contributed by atoms with Gasteiger partial charge in [-0.25, -0.2) is 0 Å². The minimum atomic E-state index is -0.308. The largest absolute Gasteiger partial charge is 0.354 e. The number of rotatable bonds is 8. The molecule has 0 saturated carbocycles. The van der Waals surface area contributed by atoms with Crippen molar-refractivity contribution in [3.05, 3.63) is 16.4 Å². The van der Waals surface area contributed by atoms with Gasteiger partial charge in [0.25, 0.3) is 0 Å². The van der Waals surface area contributed by atoms with E-state index in [1.165, 1.54) is 0 Å². The third-order valence-electron chi connectivity index (χ3n) is 3.12. The van der Waals surface area contributed by atoms with Crippen molar-refractivity contribution >= 4 is 11.6 Å². The zero-order valence-electron chi connectivity index (χ0n) is 12.4. The average molecular weight is 290 g/mol. The Hall–Kier alpha value is -0.620. The summed E-state index contributed by atoms with van der Waals surface area (Å²) in [5, 5.41) is 8.48. The van der Waals surface area contributed by atoms with Crippen LogP contribution in [-0.2, 0) is 22.9 Å². The Labute approximate surface area is 120 Å². The highest BCUT2D eigenvalue weighted by Crippen LogP contribution is 2.21. The van der Waals surface area contributed by atoms with Gasteiger partial charge < -0.3 is 14.8 Å². The normalized spacial score (nSPS) is 13.2. The van der Waals surface area contributed by atoms with Crippen LogP contribution in [0.2, 0.25) is 5.02 Å². The van der Waals surface area contributed by atoms with Crippen molar-refractivity contribution in [2.24, 2.45) is 7.05 Å². The topological polar surface area (TPSA) is 48.3 Å². The van der Waals surface area contributed by atoms with Crippen LogP contribution in [0.4, 0.5) is 0 Å². The second-order valence-electron chi connectivity index (χ2n) is 4.57. The van der Waals surface area contributed by atoms with Crippen molar-refractivity contribution in [2.45, 2.75) is 39.0 Å². The maximum absolute atomic E-state index is 6.29. The van der Waals surface area contributed by atoms with Gasteiger partial charge in [-0.05, 0) is 19.9 Å². The molecule has 5 nitrogen and oxygen atoms in total. The molecule has 1 N–H and O–H groups in total. The molecule has 1 aromatic heterocycles. The summed E-state index contributed by atoms with van der Waals surface area (Å²) >= 11 is 6.29. The molecule has 0 spiro atoms. The lowest BCUT2D eigenvalue weighted by molar-refractivity contribution is -0.122. The van der Waals surface area contributed by atoms with Crippen LogP contribution in [0.15, 0.2) is 0 Å². The van der Waals surface area contributed by atoms with Crippen LogP contribution in [0.25, 0.3) is 0 Å². The number of ether oxygens (including phenoxy) is 2. The minimum Gasteiger partial charge on any atom is -0.354 e. The van der Waals surface area contributed by atoms with E-state index in [0.717, 1.165) is 29.4 Å². The maximum atomic E-state index is 6.29. The molecule has 1 atom stereocenters. The third kappa shape index (κ3) is 4.18. The Morgan fingerprint density at radius 3 is 2.42 bits per heavy atom. The highest BCUT2D eigenvalue weighted by molar-refractivity contribution is 6.31. The lowest BCUT2D eigenvalue weighted by Crippen LogP contribution is -2.44. The number of nitrogens with one attached hydrogen (secondary N) is 1. The van der Waals surface area contributed by atoms with E-state index in [2.05, 4.69) is 17.3 Å². The second-order valence-corrected chi connectivity index (χ2v) is 4.95. The number of aromatic nitrogens is 2. The van der Waals surface area contributed by atoms with Gasteiger partial charge in [0.2, 0.25) is 0 Å². The summed E-state index contributed by atoms with van der Waals surface area (Å²) in [5.74, 6) is 0. The van der Waals surface area contributed by atoms with Crippen LogP contribution < -0.4 is 5.32 Å². The van der Waals surface area contributed by atoms with Gasteiger partial charge in [-0.2, -0.15) is 5.10 Å². The van der Waals surface area contributed by atoms with E-state index in [0.29, 0.717) is 6.42 Å². The zero-order chi connectivity index (χ0) is 14.4. The van der Waals surface area contributed by atoms with Crippen LogP contribution >= 0.6 is 11.6 Å². The molecule has 0 aliphatic carbocycles. The van der Waals surface area contributed by atoms with Gasteiger partial charge in [-0.1, -0.05) is 18.5 Å². The molecule has 0 saturated heterocycles. The molecule has 0 bridgehead atoms. The molecule has 110 valence electrons. The Morgan fingerprint density at radius 1 is 1.37 bits per heavy atom. The summed E-state index contributed by atoms with van der Waals surface area (Å²) in [6.07, 6.45) is 1.45. The molecule has 1 heterocycles. The Balaban J connectivity index is 2.86. The van der Waals surface area contributed by atoms with Crippen LogP contribution in [0.3, 0.4) is 0 Å². The molecule has 1 rings (SSSR count). The third-order valence-corrected chi connectivity index (χ3v) is 3.62.